The number of piperazine rings is 1. The topological polar surface area (TPSA) is 70.1 Å². The maximum absolute atomic E-state index is 12.7. The number of nitrogens with zero attached hydrogens (tertiary/aromatic N) is 2. The number of hydrogen-bond acceptors (Lipinski definition) is 4. The highest BCUT2D eigenvalue weighted by Crippen LogP contribution is 2.31. The Morgan fingerprint density at radius 1 is 1.06 bits per heavy atom. The van der Waals surface area contributed by atoms with E-state index in [1.54, 1.807) is 11.8 Å². The zero-order valence-electron chi connectivity index (χ0n) is 18.2. The van der Waals surface area contributed by atoms with Gasteiger partial charge in [0.25, 0.3) is 5.91 Å². The number of hydrogen-bond donors (Lipinski definition) is 1. The fourth-order valence-electron chi connectivity index (χ4n) is 3.82. The zero-order valence-corrected chi connectivity index (χ0v) is 19.0. The average molecular weight is 445 g/mol. The van der Waals surface area contributed by atoms with Gasteiger partial charge in [0, 0.05) is 37.7 Å². The monoisotopic (exact) mass is 444 g/mol. The van der Waals surface area contributed by atoms with Gasteiger partial charge in [0.15, 0.2) is 6.61 Å². The fourth-order valence-corrected chi connectivity index (χ4v) is 3.94. The fraction of sp³-hybridized carbons (Fsp3) is 0.417. The summed E-state index contributed by atoms with van der Waals surface area (Å²) in [4.78, 5) is 28.6. The van der Waals surface area contributed by atoms with E-state index in [4.69, 9.17) is 16.3 Å². The molecular weight excluding hydrogens is 416 g/mol. The number of carboxylic acids is 1. The molecule has 3 rings (SSSR count). The van der Waals surface area contributed by atoms with E-state index in [1.807, 2.05) is 50.2 Å². The number of carbonyl (C=O) groups is 2. The second-order valence-corrected chi connectivity index (χ2v) is 8.64. The van der Waals surface area contributed by atoms with E-state index in [0.29, 0.717) is 24.2 Å². The maximum atomic E-state index is 12.7. The summed E-state index contributed by atoms with van der Waals surface area (Å²) in [5.41, 5.74) is 2.75. The molecule has 1 N–H and O–H groups in total. The predicted octanol–water partition coefficient (Wildman–Crippen LogP) is 4.19. The summed E-state index contributed by atoms with van der Waals surface area (Å²) in [5, 5.41) is 10.4. The molecule has 0 aliphatic carbocycles. The largest absolute Gasteiger partial charge is 0.483 e. The van der Waals surface area contributed by atoms with E-state index in [0.717, 1.165) is 24.7 Å². The first kappa shape index (κ1) is 23.1. The number of carbonyl (C=O) groups excluding carboxylic acids is 1. The van der Waals surface area contributed by atoms with Crippen LogP contribution in [0.5, 0.6) is 5.75 Å². The van der Waals surface area contributed by atoms with Gasteiger partial charge in [-0.25, -0.2) is 4.79 Å². The Morgan fingerprint density at radius 3 is 2.29 bits per heavy atom. The van der Waals surface area contributed by atoms with Crippen molar-refractivity contribution in [2.75, 3.05) is 32.8 Å². The van der Waals surface area contributed by atoms with Crippen molar-refractivity contribution < 1.29 is 19.4 Å². The number of carboxylic acid groups (broad SMARTS) is 1. The van der Waals surface area contributed by atoms with Crippen LogP contribution in [0.15, 0.2) is 36.4 Å². The van der Waals surface area contributed by atoms with Gasteiger partial charge in [-0.2, -0.15) is 0 Å². The van der Waals surface area contributed by atoms with Crippen LogP contribution in [0.25, 0.3) is 0 Å². The van der Waals surface area contributed by atoms with Gasteiger partial charge < -0.3 is 14.7 Å². The number of halogens is 1. The normalized spacial score (nSPS) is 14.7. The molecule has 0 aromatic heterocycles. The molecule has 0 saturated carbocycles. The van der Waals surface area contributed by atoms with Gasteiger partial charge in [-0.3, -0.25) is 9.69 Å². The highest BCUT2D eigenvalue weighted by molar-refractivity contribution is 6.30. The van der Waals surface area contributed by atoms with Crippen LogP contribution in [0.2, 0.25) is 5.02 Å². The Hall–Kier alpha value is -2.57. The quantitative estimate of drug-likeness (QED) is 0.693. The van der Waals surface area contributed by atoms with Crippen molar-refractivity contribution >= 4 is 23.5 Å². The minimum Gasteiger partial charge on any atom is -0.483 e. The number of rotatable bonds is 7. The summed E-state index contributed by atoms with van der Waals surface area (Å²) in [7, 11) is 0. The van der Waals surface area contributed by atoms with Crippen molar-refractivity contribution in [3.8, 4) is 5.75 Å². The van der Waals surface area contributed by atoms with Crippen LogP contribution in [-0.2, 0) is 11.3 Å². The van der Waals surface area contributed by atoms with Crippen LogP contribution in [0.4, 0.5) is 0 Å². The summed E-state index contributed by atoms with van der Waals surface area (Å²) >= 11 is 5.94. The SMILES string of the molecule is Cc1ccc(C(C)C)c(C(=O)O)c1OCC(=O)N1CCN(Cc2ccc(Cl)cc2)CC1. The molecule has 1 amide bonds. The molecule has 166 valence electrons. The van der Waals surface area contributed by atoms with E-state index in [1.165, 1.54) is 5.56 Å². The molecule has 0 atom stereocenters. The molecule has 7 heteroatoms. The molecule has 2 aromatic rings. The zero-order chi connectivity index (χ0) is 22.5. The van der Waals surface area contributed by atoms with Crippen molar-refractivity contribution in [3.63, 3.8) is 0 Å². The first-order valence-corrected chi connectivity index (χ1v) is 10.9. The number of aryl methyl sites for hydroxylation is 1. The Balaban J connectivity index is 1.58. The molecule has 1 aliphatic heterocycles. The second-order valence-electron chi connectivity index (χ2n) is 8.21. The van der Waals surface area contributed by atoms with Crippen LogP contribution in [0.3, 0.4) is 0 Å². The average Bonchev–Trinajstić information content (AvgIpc) is 2.74. The molecule has 0 bridgehead atoms. The van der Waals surface area contributed by atoms with Crippen molar-refractivity contribution in [1.82, 2.24) is 9.80 Å². The van der Waals surface area contributed by atoms with E-state index in [9.17, 15) is 14.7 Å². The van der Waals surface area contributed by atoms with E-state index in [-0.39, 0.29) is 29.7 Å². The van der Waals surface area contributed by atoms with E-state index in [2.05, 4.69) is 4.90 Å². The molecule has 0 unspecified atom stereocenters. The lowest BCUT2D eigenvalue weighted by Crippen LogP contribution is -2.49. The molecule has 1 aliphatic rings. The van der Waals surface area contributed by atoms with Gasteiger partial charge in [-0.05, 0) is 41.7 Å². The van der Waals surface area contributed by atoms with Gasteiger partial charge in [0.05, 0.1) is 0 Å². The third kappa shape index (κ3) is 5.77. The van der Waals surface area contributed by atoms with Crippen LogP contribution in [-0.4, -0.2) is 59.6 Å². The number of amides is 1. The van der Waals surface area contributed by atoms with Crippen molar-refractivity contribution in [1.29, 1.82) is 0 Å². The highest BCUT2D eigenvalue weighted by Gasteiger charge is 2.24. The molecule has 6 nitrogen and oxygen atoms in total. The molecule has 1 saturated heterocycles. The van der Waals surface area contributed by atoms with Gasteiger partial charge in [-0.1, -0.05) is 49.7 Å². The molecule has 0 spiro atoms. The third-order valence-electron chi connectivity index (χ3n) is 5.61. The van der Waals surface area contributed by atoms with Gasteiger partial charge in [0.1, 0.15) is 11.3 Å². The number of ether oxygens (including phenoxy) is 1. The highest BCUT2D eigenvalue weighted by atomic mass is 35.5. The molecule has 1 fully saturated rings. The first-order chi connectivity index (χ1) is 14.8. The minimum absolute atomic E-state index is 0.0402. The Kier molecular flexibility index (Phi) is 7.57. The standard InChI is InChI=1S/C24H29ClN2O4/c1-16(2)20-9-4-17(3)23(22(20)24(29)30)31-15-21(28)27-12-10-26(11-13-27)14-18-5-7-19(25)8-6-18/h4-9,16H,10-15H2,1-3H3,(H,29,30). The molecular formula is C24H29ClN2O4. The van der Waals surface area contributed by atoms with E-state index < -0.39 is 5.97 Å². The lowest BCUT2D eigenvalue weighted by molar-refractivity contribution is -0.135. The molecule has 1 heterocycles. The predicted molar refractivity (Wildman–Crippen MR) is 121 cm³/mol. The lowest BCUT2D eigenvalue weighted by Gasteiger charge is -2.34. The minimum atomic E-state index is -1.04. The van der Waals surface area contributed by atoms with Gasteiger partial charge in [0.2, 0.25) is 0 Å². The van der Waals surface area contributed by atoms with Crippen molar-refractivity contribution in [2.45, 2.75) is 33.2 Å². The van der Waals surface area contributed by atoms with Crippen LogP contribution in [0.1, 0.15) is 46.8 Å². The molecule has 31 heavy (non-hydrogen) atoms. The summed E-state index contributed by atoms with van der Waals surface area (Å²) in [6.45, 7) is 9.11. The number of aromatic carboxylic acids is 1. The Bertz CT molecular complexity index is 935. The third-order valence-corrected chi connectivity index (χ3v) is 5.86. The second kappa shape index (κ2) is 10.2. The Morgan fingerprint density at radius 2 is 1.71 bits per heavy atom. The van der Waals surface area contributed by atoms with Crippen LogP contribution >= 0.6 is 11.6 Å². The smallest absolute Gasteiger partial charge is 0.339 e. The maximum Gasteiger partial charge on any atom is 0.339 e. The van der Waals surface area contributed by atoms with E-state index >= 15 is 0 Å². The summed E-state index contributed by atoms with van der Waals surface area (Å²) in [5.74, 6) is -0.839. The lowest BCUT2D eigenvalue weighted by atomic mass is 9.94. The summed E-state index contributed by atoms with van der Waals surface area (Å²) in [6, 6.07) is 11.5. The number of benzene rings is 2. The van der Waals surface area contributed by atoms with Gasteiger partial charge in [-0.15, -0.1) is 0 Å². The van der Waals surface area contributed by atoms with Crippen LogP contribution in [0, 0.1) is 6.92 Å². The summed E-state index contributed by atoms with van der Waals surface area (Å²) < 4.78 is 5.77. The van der Waals surface area contributed by atoms with Crippen molar-refractivity contribution in [3.05, 3.63) is 63.7 Å². The first-order valence-electron chi connectivity index (χ1n) is 10.5. The Labute approximate surface area is 188 Å². The molecule has 2 aromatic carbocycles. The van der Waals surface area contributed by atoms with Crippen molar-refractivity contribution in [2.24, 2.45) is 0 Å². The summed E-state index contributed by atoms with van der Waals surface area (Å²) in [6.07, 6.45) is 0. The van der Waals surface area contributed by atoms with Gasteiger partial charge >= 0.3 is 5.97 Å². The van der Waals surface area contributed by atoms with Crippen LogP contribution < -0.4 is 4.74 Å². The molecule has 0 radical (unpaired) electrons.